The van der Waals surface area contributed by atoms with Crippen LogP contribution in [0.15, 0.2) is 30.3 Å². The van der Waals surface area contributed by atoms with Crippen LogP contribution in [0.2, 0.25) is 0 Å². The van der Waals surface area contributed by atoms with Gasteiger partial charge in [0.15, 0.2) is 0 Å². The summed E-state index contributed by atoms with van der Waals surface area (Å²) in [5.74, 6) is -3.65. The number of hydrogen-bond donors (Lipinski definition) is 0. The molecule has 188 valence electrons. The van der Waals surface area contributed by atoms with Gasteiger partial charge in [-0.3, -0.25) is 23.3 Å². The lowest BCUT2D eigenvalue weighted by molar-refractivity contribution is -0.130. The first kappa shape index (κ1) is 23.9. The number of aryl methyl sites for hydroxylation is 1. The second-order valence-corrected chi connectivity index (χ2v) is 11.5. The molecular formula is C24H29F2N5O3S. The molecule has 1 saturated carbocycles. The molecule has 1 aromatic heterocycles. The summed E-state index contributed by atoms with van der Waals surface area (Å²) in [6.07, 6.45) is -0.282. The molecular weight excluding hydrogens is 476 g/mol. The lowest BCUT2D eigenvalue weighted by Gasteiger charge is -2.34. The standard InChI is InChI=1S/C24H29F2N5O3S/c1-16-4-6-20(15-29-8-10-30(11-9-29)17(2)32)27-23(16)18-5-7-21-22(12-18)28(3)35(33,34)31(21)14-19-13-24(19,25)26/h4-7,12,19H,8-11,13-15H2,1-3H3. The number of rotatable bonds is 5. The van der Waals surface area contributed by atoms with E-state index < -0.39 is 22.0 Å². The SMILES string of the molecule is CC(=O)N1CCN(Cc2ccc(C)c(-c3ccc4c(c3)N(C)S(=O)(=O)N4CC3CC3(F)F)n2)CC1. The number of piperazine rings is 1. The van der Waals surface area contributed by atoms with Gasteiger partial charge in [0.1, 0.15) is 0 Å². The Hall–Kier alpha value is -2.79. The minimum Gasteiger partial charge on any atom is -0.340 e. The van der Waals surface area contributed by atoms with Crippen LogP contribution in [0.4, 0.5) is 20.2 Å². The van der Waals surface area contributed by atoms with Gasteiger partial charge in [0.05, 0.1) is 22.8 Å². The van der Waals surface area contributed by atoms with E-state index in [0.717, 1.165) is 44.2 Å². The average molecular weight is 506 g/mol. The smallest absolute Gasteiger partial charge is 0.326 e. The molecule has 1 amide bonds. The van der Waals surface area contributed by atoms with E-state index in [0.29, 0.717) is 31.0 Å². The van der Waals surface area contributed by atoms with Crippen molar-refractivity contribution in [2.24, 2.45) is 5.92 Å². The van der Waals surface area contributed by atoms with Gasteiger partial charge in [0, 0.05) is 71.1 Å². The van der Waals surface area contributed by atoms with E-state index >= 15 is 0 Å². The topological polar surface area (TPSA) is 77.1 Å². The number of halogens is 2. The number of alkyl halides is 2. The number of anilines is 2. The number of pyridine rings is 1. The largest absolute Gasteiger partial charge is 0.340 e. The van der Waals surface area contributed by atoms with Crippen molar-refractivity contribution in [2.75, 3.05) is 48.4 Å². The minimum atomic E-state index is -3.90. The maximum Gasteiger partial charge on any atom is 0.326 e. The third-order valence-electron chi connectivity index (χ3n) is 7.18. The Morgan fingerprint density at radius 3 is 2.43 bits per heavy atom. The van der Waals surface area contributed by atoms with Gasteiger partial charge in [-0.25, -0.2) is 8.78 Å². The number of carbonyl (C=O) groups excluding carboxylic acids is 1. The normalized spacial score (nSPS) is 22.9. The summed E-state index contributed by atoms with van der Waals surface area (Å²) in [7, 11) is -2.45. The average Bonchev–Trinajstić information content (AvgIpc) is 3.38. The van der Waals surface area contributed by atoms with E-state index in [1.807, 2.05) is 24.0 Å². The van der Waals surface area contributed by atoms with Crippen molar-refractivity contribution in [3.8, 4) is 11.3 Å². The Kier molecular flexibility index (Phi) is 5.75. The molecule has 3 aliphatic rings. The van der Waals surface area contributed by atoms with Crippen LogP contribution in [0.3, 0.4) is 0 Å². The quantitative estimate of drug-likeness (QED) is 0.625. The van der Waals surface area contributed by atoms with Gasteiger partial charge in [0.25, 0.3) is 5.92 Å². The van der Waals surface area contributed by atoms with Crippen LogP contribution >= 0.6 is 0 Å². The fraction of sp³-hybridized carbons (Fsp3) is 0.500. The number of benzene rings is 1. The molecule has 0 spiro atoms. The van der Waals surface area contributed by atoms with Crippen LogP contribution in [0.5, 0.6) is 0 Å². The van der Waals surface area contributed by atoms with Crippen molar-refractivity contribution in [3.05, 3.63) is 41.6 Å². The number of nitrogens with zero attached hydrogens (tertiary/aromatic N) is 5. The molecule has 0 radical (unpaired) electrons. The van der Waals surface area contributed by atoms with Gasteiger partial charge < -0.3 is 4.90 Å². The van der Waals surface area contributed by atoms with E-state index in [4.69, 9.17) is 4.98 Å². The molecule has 35 heavy (non-hydrogen) atoms. The van der Waals surface area contributed by atoms with E-state index in [1.54, 1.807) is 25.1 Å². The Morgan fingerprint density at radius 2 is 1.80 bits per heavy atom. The number of aromatic nitrogens is 1. The third kappa shape index (κ3) is 4.35. The van der Waals surface area contributed by atoms with Gasteiger partial charge in [-0.2, -0.15) is 8.42 Å². The third-order valence-corrected chi connectivity index (χ3v) is 8.97. The highest BCUT2D eigenvalue weighted by Gasteiger charge is 2.59. The zero-order chi connectivity index (χ0) is 25.1. The molecule has 8 nitrogen and oxygen atoms in total. The molecule has 1 unspecified atom stereocenters. The molecule has 0 N–H and O–H groups in total. The predicted molar refractivity (Wildman–Crippen MR) is 130 cm³/mol. The summed E-state index contributed by atoms with van der Waals surface area (Å²) in [6, 6.07) is 9.23. The van der Waals surface area contributed by atoms with Crippen LogP contribution in [-0.2, 0) is 21.5 Å². The maximum atomic E-state index is 13.5. The van der Waals surface area contributed by atoms with E-state index in [1.165, 1.54) is 7.05 Å². The molecule has 11 heteroatoms. The van der Waals surface area contributed by atoms with Crippen molar-refractivity contribution in [3.63, 3.8) is 0 Å². The highest BCUT2D eigenvalue weighted by molar-refractivity contribution is 7.94. The van der Waals surface area contributed by atoms with Crippen molar-refractivity contribution in [2.45, 2.75) is 32.7 Å². The van der Waals surface area contributed by atoms with E-state index in [2.05, 4.69) is 4.90 Å². The van der Waals surface area contributed by atoms with Crippen molar-refractivity contribution in [1.29, 1.82) is 0 Å². The second-order valence-electron chi connectivity index (χ2n) is 9.62. The summed E-state index contributed by atoms with van der Waals surface area (Å²) in [6.45, 7) is 6.92. The predicted octanol–water partition coefficient (Wildman–Crippen LogP) is 2.88. The Morgan fingerprint density at radius 1 is 1.11 bits per heavy atom. The number of carbonyl (C=O) groups is 1. The van der Waals surface area contributed by atoms with Gasteiger partial charge >= 0.3 is 10.2 Å². The summed E-state index contributed by atoms with van der Waals surface area (Å²) >= 11 is 0. The molecule has 3 heterocycles. The molecule has 2 aromatic rings. The van der Waals surface area contributed by atoms with Gasteiger partial charge in [-0.1, -0.05) is 12.1 Å². The number of fused-ring (bicyclic) bond motifs is 1. The fourth-order valence-electron chi connectivity index (χ4n) is 4.79. The molecule has 1 aliphatic carbocycles. The molecule has 1 saturated heterocycles. The monoisotopic (exact) mass is 505 g/mol. The number of hydrogen-bond acceptors (Lipinski definition) is 5. The zero-order valence-electron chi connectivity index (χ0n) is 20.0. The summed E-state index contributed by atoms with van der Waals surface area (Å²) < 4.78 is 55.1. The first-order valence-electron chi connectivity index (χ1n) is 11.7. The Labute approximate surface area is 204 Å². The lowest BCUT2D eigenvalue weighted by Crippen LogP contribution is -2.47. The highest BCUT2D eigenvalue weighted by atomic mass is 32.2. The summed E-state index contributed by atoms with van der Waals surface area (Å²) in [5.41, 5.74) is 4.24. The first-order valence-corrected chi connectivity index (χ1v) is 13.1. The molecule has 0 bridgehead atoms. The van der Waals surface area contributed by atoms with E-state index in [9.17, 15) is 22.0 Å². The minimum absolute atomic E-state index is 0.0911. The van der Waals surface area contributed by atoms with Crippen LogP contribution in [0, 0.1) is 12.8 Å². The summed E-state index contributed by atoms with van der Waals surface area (Å²) in [5, 5.41) is 0. The van der Waals surface area contributed by atoms with E-state index in [-0.39, 0.29) is 18.9 Å². The van der Waals surface area contributed by atoms with Crippen LogP contribution < -0.4 is 8.61 Å². The van der Waals surface area contributed by atoms with Crippen molar-refractivity contribution < 1.29 is 22.0 Å². The fourth-order valence-corrected chi connectivity index (χ4v) is 6.25. The lowest BCUT2D eigenvalue weighted by atomic mass is 10.0. The number of amides is 1. The molecule has 5 rings (SSSR count). The van der Waals surface area contributed by atoms with Gasteiger partial charge in [0.2, 0.25) is 5.91 Å². The molecule has 2 aliphatic heterocycles. The second kappa shape index (κ2) is 8.41. The van der Waals surface area contributed by atoms with Crippen LogP contribution in [-0.4, -0.2) is 74.8 Å². The van der Waals surface area contributed by atoms with Crippen LogP contribution in [0.1, 0.15) is 24.6 Å². The maximum absolute atomic E-state index is 13.5. The molecule has 1 atom stereocenters. The van der Waals surface area contributed by atoms with Gasteiger partial charge in [-0.05, 0) is 30.7 Å². The van der Waals surface area contributed by atoms with Crippen molar-refractivity contribution >= 4 is 27.5 Å². The van der Waals surface area contributed by atoms with Crippen molar-refractivity contribution in [1.82, 2.24) is 14.8 Å². The molecule has 1 aromatic carbocycles. The summed E-state index contributed by atoms with van der Waals surface area (Å²) in [4.78, 5) is 20.5. The first-order chi connectivity index (χ1) is 16.5. The highest BCUT2D eigenvalue weighted by Crippen LogP contribution is 2.51. The Balaban J connectivity index is 1.39. The van der Waals surface area contributed by atoms with Gasteiger partial charge in [-0.15, -0.1) is 0 Å². The Bertz CT molecular complexity index is 1280. The van der Waals surface area contributed by atoms with Crippen LogP contribution in [0.25, 0.3) is 11.3 Å². The molecule has 2 fully saturated rings. The zero-order valence-corrected chi connectivity index (χ0v) is 20.9.